The molecule has 1 rings (SSSR count). The maximum absolute atomic E-state index is 12.0. The number of ether oxygens (including phenoxy) is 1. The molecule has 0 bridgehead atoms. The number of hydrogen-bond acceptors (Lipinski definition) is 7. The van der Waals surface area contributed by atoms with Crippen molar-refractivity contribution in [3.05, 3.63) is 23.8 Å². The number of carbonyl (C=O) groups is 2. The first-order valence-corrected chi connectivity index (χ1v) is 6.78. The minimum Gasteiger partial charge on any atom is -0.504 e. The van der Waals surface area contributed by atoms with Crippen molar-refractivity contribution in [1.82, 2.24) is 0 Å². The highest BCUT2D eigenvalue weighted by molar-refractivity contribution is 5.94. The van der Waals surface area contributed by atoms with E-state index in [1.807, 2.05) is 0 Å². The monoisotopic (exact) mass is 311 g/mol. The van der Waals surface area contributed by atoms with Crippen molar-refractivity contribution >= 4 is 11.9 Å². The number of rotatable bonds is 5. The van der Waals surface area contributed by atoms with Crippen molar-refractivity contribution < 1.29 is 29.4 Å². The second-order valence-corrected chi connectivity index (χ2v) is 5.88. The van der Waals surface area contributed by atoms with E-state index >= 15 is 0 Å². The smallest absolute Gasteiger partial charge is 0.338 e. The van der Waals surface area contributed by atoms with Crippen LogP contribution in [0.15, 0.2) is 18.2 Å². The molecule has 0 aromatic heterocycles. The fourth-order valence-corrected chi connectivity index (χ4v) is 1.82. The van der Waals surface area contributed by atoms with E-state index in [4.69, 9.17) is 10.6 Å². The van der Waals surface area contributed by atoms with Crippen LogP contribution < -0.4 is 5.90 Å². The number of aromatic hydroxyl groups is 2. The fourth-order valence-electron chi connectivity index (χ4n) is 1.82. The van der Waals surface area contributed by atoms with Crippen LogP contribution in [0, 0.1) is 5.92 Å². The Bertz CT molecular complexity index is 549. The number of phenolic OH excluding ortho intramolecular Hbond substituents is 2. The third-order valence-electron chi connectivity index (χ3n) is 2.85. The molecule has 0 saturated heterocycles. The summed E-state index contributed by atoms with van der Waals surface area (Å²) in [6, 6.07) is 4.26. The lowest BCUT2D eigenvalue weighted by Crippen LogP contribution is -2.35. The molecule has 122 valence electrons. The minimum absolute atomic E-state index is 0.106. The highest BCUT2D eigenvalue weighted by Crippen LogP contribution is 2.26. The zero-order chi connectivity index (χ0) is 16.9. The molecule has 0 radical (unpaired) electrons. The maximum atomic E-state index is 12.0. The van der Waals surface area contributed by atoms with Crippen LogP contribution in [0.25, 0.3) is 0 Å². The van der Waals surface area contributed by atoms with Crippen LogP contribution in [0.1, 0.15) is 32.8 Å². The van der Waals surface area contributed by atoms with Crippen LogP contribution in [0.5, 0.6) is 11.5 Å². The normalized spacial score (nSPS) is 12.5. The van der Waals surface area contributed by atoms with E-state index < -0.39 is 23.5 Å². The Hall–Kier alpha value is -2.28. The Morgan fingerprint density at radius 2 is 1.82 bits per heavy atom. The molecule has 7 nitrogen and oxygen atoms in total. The van der Waals surface area contributed by atoms with Gasteiger partial charge in [-0.2, -0.15) is 5.90 Å². The van der Waals surface area contributed by atoms with Gasteiger partial charge in [-0.1, -0.05) is 6.07 Å². The van der Waals surface area contributed by atoms with E-state index in [9.17, 15) is 19.8 Å². The SMILES string of the molecule is CC(C)(C)OC(=O)[C@H](CCc1ccc(O)c(O)c1)C(=O)ON. The van der Waals surface area contributed by atoms with E-state index in [2.05, 4.69) is 4.84 Å². The average molecular weight is 311 g/mol. The fraction of sp³-hybridized carbons (Fsp3) is 0.467. The van der Waals surface area contributed by atoms with Crippen LogP contribution >= 0.6 is 0 Å². The van der Waals surface area contributed by atoms with E-state index in [0.29, 0.717) is 12.0 Å². The third-order valence-corrected chi connectivity index (χ3v) is 2.85. The summed E-state index contributed by atoms with van der Waals surface area (Å²) in [5.41, 5.74) is -0.0882. The number of carbonyl (C=O) groups excluding carboxylic acids is 2. The predicted molar refractivity (Wildman–Crippen MR) is 77.7 cm³/mol. The van der Waals surface area contributed by atoms with Gasteiger partial charge in [0.2, 0.25) is 0 Å². The number of hydrogen-bond donors (Lipinski definition) is 3. The van der Waals surface area contributed by atoms with Crippen molar-refractivity contribution in [2.75, 3.05) is 0 Å². The summed E-state index contributed by atoms with van der Waals surface area (Å²) in [6.45, 7) is 5.06. The van der Waals surface area contributed by atoms with E-state index in [1.54, 1.807) is 26.8 Å². The van der Waals surface area contributed by atoms with Gasteiger partial charge in [0.15, 0.2) is 17.4 Å². The molecule has 0 fully saturated rings. The molecule has 0 aliphatic carbocycles. The maximum Gasteiger partial charge on any atom is 0.338 e. The number of nitrogens with two attached hydrogens (primary N) is 1. The lowest BCUT2D eigenvalue weighted by atomic mass is 9.99. The van der Waals surface area contributed by atoms with Crippen LogP contribution in [-0.4, -0.2) is 27.8 Å². The topological polar surface area (TPSA) is 119 Å². The van der Waals surface area contributed by atoms with E-state index in [0.717, 1.165) is 0 Å². The predicted octanol–water partition coefficient (Wildman–Crippen LogP) is 1.41. The highest BCUT2D eigenvalue weighted by Gasteiger charge is 2.32. The van der Waals surface area contributed by atoms with E-state index in [1.165, 1.54) is 12.1 Å². The summed E-state index contributed by atoms with van der Waals surface area (Å²) < 4.78 is 5.17. The molecule has 4 N–H and O–H groups in total. The summed E-state index contributed by atoms with van der Waals surface area (Å²) in [6.07, 6.45) is 0.405. The third kappa shape index (κ3) is 5.25. The number of aryl methyl sites for hydroxylation is 1. The number of phenols is 2. The zero-order valence-electron chi connectivity index (χ0n) is 12.8. The first kappa shape index (κ1) is 17.8. The Labute approximate surface area is 128 Å². The molecular weight excluding hydrogens is 290 g/mol. The van der Waals surface area contributed by atoms with Gasteiger partial charge in [0.1, 0.15) is 5.60 Å². The molecule has 1 atom stereocenters. The second kappa shape index (κ2) is 7.13. The summed E-state index contributed by atoms with van der Waals surface area (Å²) in [4.78, 5) is 27.8. The molecule has 0 saturated carbocycles. The lowest BCUT2D eigenvalue weighted by molar-refractivity contribution is -0.169. The van der Waals surface area contributed by atoms with Gasteiger partial charge in [0.25, 0.3) is 0 Å². The van der Waals surface area contributed by atoms with Crippen LogP contribution in [0.2, 0.25) is 0 Å². The molecular formula is C15H21NO6. The summed E-state index contributed by atoms with van der Waals surface area (Å²) in [7, 11) is 0. The first-order chi connectivity index (χ1) is 10.1. The van der Waals surface area contributed by atoms with Gasteiger partial charge < -0.3 is 19.8 Å². The standard InChI is InChI=1S/C15H21NO6/c1-15(2,3)21-13(19)10(14(20)22-16)6-4-9-5-7-11(17)12(18)8-9/h5,7-8,10,17-18H,4,6,16H2,1-3H3/t10-/m0/s1. The van der Waals surface area contributed by atoms with Crippen molar-refractivity contribution in [3.63, 3.8) is 0 Å². The molecule has 0 aliphatic rings. The Morgan fingerprint density at radius 1 is 1.18 bits per heavy atom. The quantitative estimate of drug-likeness (QED) is 0.325. The molecule has 0 heterocycles. The van der Waals surface area contributed by atoms with Gasteiger partial charge in [-0.15, -0.1) is 0 Å². The Morgan fingerprint density at radius 3 is 2.32 bits per heavy atom. The molecule has 7 heteroatoms. The average Bonchev–Trinajstić information content (AvgIpc) is 2.40. The molecule has 0 aliphatic heterocycles. The van der Waals surface area contributed by atoms with Crippen LogP contribution in [0.4, 0.5) is 0 Å². The molecule has 0 unspecified atom stereocenters. The largest absolute Gasteiger partial charge is 0.504 e. The molecule has 0 amide bonds. The van der Waals surface area contributed by atoms with Crippen molar-refractivity contribution in [2.45, 2.75) is 39.2 Å². The van der Waals surface area contributed by atoms with Gasteiger partial charge in [-0.3, -0.25) is 4.79 Å². The van der Waals surface area contributed by atoms with Crippen molar-refractivity contribution in [1.29, 1.82) is 0 Å². The first-order valence-electron chi connectivity index (χ1n) is 6.78. The molecule has 1 aromatic rings. The molecule has 1 aromatic carbocycles. The van der Waals surface area contributed by atoms with Crippen LogP contribution in [0.3, 0.4) is 0 Å². The molecule has 22 heavy (non-hydrogen) atoms. The summed E-state index contributed by atoms with van der Waals surface area (Å²) in [5.74, 6) is 1.60. The number of esters is 1. The number of benzene rings is 1. The zero-order valence-corrected chi connectivity index (χ0v) is 12.8. The van der Waals surface area contributed by atoms with Gasteiger partial charge >= 0.3 is 11.9 Å². The van der Waals surface area contributed by atoms with Gasteiger partial charge in [-0.25, -0.2) is 4.79 Å². The second-order valence-electron chi connectivity index (χ2n) is 5.88. The van der Waals surface area contributed by atoms with Crippen molar-refractivity contribution in [3.8, 4) is 11.5 Å². The van der Waals surface area contributed by atoms with Gasteiger partial charge in [0, 0.05) is 0 Å². The minimum atomic E-state index is -1.15. The van der Waals surface area contributed by atoms with Crippen molar-refractivity contribution in [2.24, 2.45) is 11.8 Å². The van der Waals surface area contributed by atoms with Gasteiger partial charge in [0.05, 0.1) is 0 Å². The highest BCUT2D eigenvalue weighted by atomic mass is 16.7. The van der Waals surface area contributed by atoms with E-state index in [-0.39, 0.29) is 17.9 Å². The molecule has 0 spiro atoms. The Balaban J connectivity index is 2.79. The lowest BCUT2D eigenvalue weighted by Gasteiger charge is -2.22. The summed E-state index contributed by atoms with van der Waals surface area (Å²) >= 11 is 0. The summed E-state index contributed by atoms with van der Waals surface area (Å²) in [5, 5.41) is 18.7. The Kier molecular flexibility index (Phi) is 5.76. The van der Waals surface area contributed by atoms with Crippen LogP contribution in [-0.2, 0) is 25.6 Å². The van der Waals surface area contributed by atoms with Gasteiger partial charge in [-0.05, 0) is 51.3 Å².